The van der Waals surface area contributed by atoms with E-state index in [1.807, 2.05) is 0 Å². The molecule has 1 aliphatic heterocycles. The molecular weight excluding hydrogens is 314 g/mol. The van der Waals surface area contributed by atoms with E-state index >= 15 is 0 Å². The lowest BCUT2D eigenvalue weighted by Crippen LogP contribution is -2.34. The van der Waals surface area contributed by atoms with Crippen molar-refractivity contribution in [2.45, 2.75) is 11.3 Å². The second-order valence-electron chi connectivity index (χ2n) is 4.18. The van der Waals surface area contributed by atoms with Crippen LogP contribution in [0.2, 0.25) is 10.0 Å². The molecule has 8 heteroatoms. The summed E-state index contributed by atoms with van der Waals surface area (Å²) < 4.78 is 39.8. The maximum atomic E-state index is 13.6. The molecule has 19 heavy (non-hydrogen) atoms. The highest BCUT2D eigenvalue weighted by Gasteiger charge is 2.29. The zero-order valence-electron chi connectivity index (χ0n) is 10.00. The summed E-state index contributed by atoms with van der Waals surface area (Å²) in [6, 6.07) is 2.44. The second kappa shape index (κ2) is 5.93. The van der Waals surface area contributed by atoms with Gasteiger partial charge in [-0.1, -0.05) is 23.2 Å². The minimum atomic E-state index is -3.79. The van der Waals surface area contributed by atoms with Crippen LogP contribution < -0.4 is 5.32 Å². The molecule has 0 atom stereocenters. The SMILES string of the molecule is O=S(=O)(c1ccc(Cl)c(F)c1Cl)N1CCCNCC1. The number of hydrogen-bond donors (Lipinski definition) is 1. The fourth-order valence-electron chi connectivity index (χ4n) is 1.91. The second-order valence-corrected chi connectivity index (χ2v) is 6.87. The molecule has 0 aromatic heterocycles. The van der Waals surface area contributed by atoms with E-state index in [2.05, 4.69) is 5.32 Å². The number of nitrogens with one attached hydrogen (secondary N) is 1. The van der Waals surface area contributed by atoms with Crippen LogP contribution >= 0.6 is 23.2 Å². The van der Waals surface area contributed by atoms with E-state index in [0.717, 1.165) is 6.54 Å². The normalized spacial score (nSPS) is 18.3. The summed E-state index contributed by atoms with van der Waals surface area (Å²) in [5.41, 5.74) is 0. The summed E-state index contributed by atoms with van der Waals surface area (Å²) in [7, 11) is -3.79. The van der Waals surface area contributed by atoms with E-state index in [1.54, 1.807) is 0 Å². The van der Waals surface area contributed by atoms with Gasteiger partial charge in [0, 0.05) is 19.6 Å². The van der Waals surface area contributed by atoms with Gasteiger partial charge in [0.2, 0.25) is 10.0 Å². The van der Waals surface area contributed by atoms with E-state index in [0.29, 0.717) is 26.1 Å². The number of halogens is 3. The van der Waals surface area contributed by atoms with Gasteiger partial charge in [0.15, 0.2) is 5.82 Å². The molecule has 1 N–H and O–H groups in total. The van der Waals surface area contributed by atoms with E-state index in [1.165, 1.54) is 16.4 Å². The van der Waals surface area contributed by atoms with Crippen molar-refractivity contribution in [3.05, 3.63) is 28.0 Å². The van der Waals surface area contributed by atoms with Crippen LogP contribution in [0.1, 0.15) is 6.42 Å². The highest BCUT2D eigenvalue weighted by atomic mass is 35.5. The summed E-state index contributed by atoms with van der Waals surface area (Å²) in [6.45, 7) is 2.04. The molecule has 1 aliphatic rings. The van der Waals surface area contributed by atoms with Crippen LogP contribution in [0.4, 0.5) is 4.39 Å². The lowest BCUT2D eigenvalue weighted by molar-refractivity contribution is 0.431. The van der Waals surface area contributed by atoms with Crippen molar-refractivity contribution in [2.24, 2.45) is 0 Å². The molecule has 0 bridgehead atoms. The summed E-state index contributed by atoms with van der Waals surface area (Å²) in [6.07, 6.45) is 0.701. The van der Waals surface area contributed by atoms with E-state index in [9.17, 15) is 12.8 Å². The van der Waals surface area contributed by atoms with Gasteiger partial charge in [-0.25, -0.2) is 12.8 Å². The Morgan fingerprint density at radius 3 is 2.68 bits per heavy atom. The van der Waals surface area contributed by atoms with Crippen LogP contribution in [0.15, 0.2) is 17.0 Å². The first-order valence-corrected chi connectivity index (χ1v) is 7.98. The molecule has 106 valence electrons. The van der Waals surface area contributed by atoms with Crippen molar-refractivity contribution < 1.29 is 12.8 Å². The number of nitrogens with zero attached hydrogens (tertiary/aromatic N) is 1. The van der Waals surface area contributed by atoms with E-state index < -0.39 is 20.9 Å². The van der Waals surface area contributed by atoms with Gasteiger partial charge in [-0.3, -0.25) is 0 Å². The zero-order chi connectivity index (χ0) is 14.0. The Kier molecular flexibility index (Phi) is 4.68. The quantitative estimate of drug-likeness (QED) is 0.847. The van der Waals surface area contributed by atoms with Gasteiger partial charge in [-0.2, -0.15) is 4.31 Å². The minimum absolute atomic E-state index is 0.193. The topological polar surface area (TPSA) is 49.4 Å². The van der Waals surface area contributed by atoms with Crippen molar-refractivity contribution in [3.63, 3.8) is 0 Å². The number of rotatable bonds is 2. The smallest absolute Gasteiger partial charge is 0.244 e. The predicted molar refractivity (Wildman–Crippen MR) is 72.7 cm³/mol. The molecule has 1 saturated heterocycles. The van der Waals surface area contributed by atoms with Crippen molar-refractivity contribution in [3.8, 4) is 0 Å². The molecule has 0 unspecified atom stereocenters. The van der Waals surface area contributed by atoms with Gasteiger partial charge in [0.25, 0.3) is 0 Å². The molecule has 0 amide bonds. The lowest BCUT2D eigenvalue weighted by Gasteiger charge is -2.20. The zero-order valence-corrected chi connectivity index (χ0v) is 12.3. The van der Waals surface area contributed by atoms with Crippen LogP contribution in [0, 0.1) is 5.82 Å². The van der Waals surface area contributed by atoms with Crippen molar-refractivity contribution >= 4 is 33.2 Å². The van der Waals surface area contributed by atoms with Crippen LogP contribution in [-0.4, -0.2) is 38.9 Å². The first kappa shape index (κ1) is 15.0. The number of hydrogen-bond acceptors (Lipinski definition) is 3. The van der Waals surface area contributed by atoms with Crippen molar-refractivity contribution in [2.75, 3.05) is 26.2 Å². The third kappa shape index (κ3) is 3.03. The largest absolute Gasteiger partial charge is 0.315 e. The molecule has 2 rings (SSSR count). The average molecular weight is 327 g/mol. The maximum absolute atomic E-state index is 13.6. The van der Waals surface area contributed by atoms with Gasteiger partial charge in [-0.15, -0.1) is 0 Å². The van der Waals surface area contributed by atoms with Crippen molar-refractivity contribution in [1.82, 2.24) is 9.62 Å². The summed E-state index contributed by atoms with van der Waals surface area (Å²) in [5, 5.41) is 2.45. The Bertz CT molecular complexity index is 572. The fraction of sp³-hybridized carbons (Fsp3) is 0.455. The fourth-order valence-corrected chi connectivity index (χ4v) is 4.11. The predicted octanol–water partition coefficient (Wildman–Crippen LogP) is 2.12. The van der Waals surface area contributed by atoms with Crippen LogP contribution in [-0.2, 0) is 10.0 Å². The van der Waals surface area contributed by atoms with Crippen LogP contribution in [0.5, 0.6) is 0 Å². The standard InChI is InChI=1S/C11H13Cl2FN2O2S/c12-8-2-3-9(10(13)11(8)14)19(17,18)16-6-1-4-15-5-7-16/h2-3,15H,1,4-7H2. The molecule has 0 radical (unpaired) electrons. The summed E-state index contributed by atoms with van der Waals surface area (Å²) in [5.74, 6) is -0.905. The highest BCUT2D eigenvalue weighted by Crippen LogP contribution is 2.31. The Hall–Kier alpha value is -0.400. The van der Waals surface area contributed by atoms with Gasteiger partial charge in [0.05, 0.1) is 10.0 Å². The molecular formula is C11H13Cl2FN2O2S. The van der Waals surface area contributed by atoms with Crippen LogP contribution in [0.3, 0.4) is 0 Å². The number of sulfonamides is 1. The molecule has 0 saturated carbocycles. The van der Waals surface area contributed by atoms with E-state index in [-0.39, 0.29) is 9.92 Å². The van der Waals surface area contributed by atoms with Crippen molar-refractivity contribution in [1.29, 1.82) is 0 Å². The Morgan fingerprint density at radius 1 is 1.21 bits per heavy atom. The molecule has 1 aromatic rings. The van der Waals surface area contributed by atoms with E-state index in [4.69, 9.17) is 23.2 Å². The third-order valence-corrected chi connectivity index (χ3v) is 5.63. The average Bonchev–Trinajstić information content (AvgIpc) is 2.65. The first-order chi connectivity index (χ1) is 8.94. The Balaban J connectivity index is 2.41. The summed E-state index contributed by atoms with van der Waals surface area (Å²) in [4.78, 5) is -0.238. The minimum Gasteiger partial charge on any atom is -0.315 e. The molecule has 4 nitrogen and oxygen atoms in total. The van der Waals surface area contributed by atoms with Gasteiger partial charge < -0.3 is 5.32 Å². The summed E-state index contributed by atoms with van der Waals surface area (Å²) >= 11 is 11.3. The Morgan fingerprint density at radius 2 is 1.95 bits per heavy atom. The Labute approximate surface area is 121 Å². The molecule has 0 spiro atoms. The van der Waals surface area contributed by atoms with Gasteiger partial charge in [0.1, 0.15) is 4.90 Å². The third-order valence-electron chi connectivity index (χ3n) is 2.92. The molecule has 1 aromatic carbocycles. The molecule has 1 fully saturated rings. The number of benzene rings is 1. The maximum Gasteiger partial charge on any atom is 0.244 e. The molecule has 0 aliphatic carbocycles. The monoisotopic (exact) mass is 326 g/mol. The molecule has 1 heterocycles. The van der Waals surface area contributed by atoms with Gasteiger partial charge in [-0.05, 0) is 25.1 Å². The highest BCUT2D eigenvalue weighted by molar-refractivity contribution is 7.89. The first-order valence-electron chi connectivity index (χ1n) is 5.79. The van der Waals surface area contributed by atoms with Crippen LogP contribution in [0.25, 0.3) is 0 Å². The lowest BCUT2D eigenvalue weighted by atomic mass is 10.3. The van der Waals surface area contributed by atoms with Gasteiger partial charge >= 0.3 is 0 Å².